The van der Waals surface area contributed by atoms with Gasteiger partial charge in [-0.1, -0.05) is 4.47 Å². The summed E-state index contributed by atoms with van der Waals surface area (Å²) in [6.45, 7) is 0.787. The average molecular weight is 386 g/mol. The maximum absolute atomic E-state index is 12.3. The van der Waals surface area contributed by atoms with Crippen LogP contribution in [0.2, 0.25) is 0 Å². The quantitative estimate of drug-likeness (QED) is 0.791. The van der Waals surface area contributed by atoms with Crippen molar-refractivity contribution >= 4 is 47.6 Å². The molecule has 0 aliphatic carbocycles. The Hall–Kier alpha value is -0.150. The Bertz CT molecular complexity index is 518. The van der Waals surface area contributed by atoms with Gasteiger partial charge in [0.2, 0.25) is 0 Å². The number of anilines is 1. The van der Waals surface area contributed by atoms with Crippen LogP contribution in [0.25, 0.3) is 0 Å². The van der Waals surface area contributed by atoms with Crippen molar-refractivity contribution in [3.63, 3.8) is 0 Å². The monoisotopic (exact) mass is 384 g/mol. The summed E-state index contributed by atoms with van der Waals surface area (Å²) in [6.07, 6.45) is 0.698. The number of hydrogen-bond donors (Lipinski definition) is 1. The molecule has 2 rings (SSSR count). The highest BCUT2D eigenvalue weighted by Crippen LogP contribution is 2.35. The molecular formula is C9H10Br2N2O3S. The molecule has 8 heteroatoms. The third kappa shape index (κ3) is 2.50. The summed E-state index contributed by atoms with van der Waals surface area (Å²) in [5.74, 6) is 0. The van der Waals surface area contributed by atoms with Crippen molar-refractivity contribution in [2.45, 2.75) is 11.3 Å². The summed E-state index contributed by atoms with van der Waals surface area (Å²) in [5.41, 5.74) is 6.10. The highest BCUT2D eigenvalue weighted by molar-refractivity contribution is 9.11. The molecule has 0 aromatic heterocycles. The van der Waals surface area contributed by atoms with Crippen LogP contribution in [0.1, 0.15) is 6.42 Å². The van der Waals surface area contributed by atoms with E-state index in [0.717, 1.165) is 4.47 Å². The molecule has 0 bridgehead atoms. The van der Waals surface area contributed by atoms with E-state index < -0.39 is 10.0 Å². The fourth-order valence-electron chi connectivity index (χ4n) is 1.54. The first-order valence-electron chi connectivity index (χ1n) is 4.83. The predicted molar refractivity (Wildman–Crippen MR) is 70.7 cm³/mol. The van der Waals surface area contributed by atoms with E-state index in [1.807, 2.05) is 0 Å². The van der Waals surface area contributed by atoms with Gasteiger partial charge in [0.05, 0.1) is 6.61 Å². The minimum Gasteiger partial charge on any atom is -0.399 e. The van der Waals surface area contributed by atoms with E-state index in [1.54, 1.807) is 12.1 Å². The molecule has 0 atom stereocenters. The van der Waals surface area contributed by atoms with E-state index in [2.05, 4.69) is 31.9 Å². The fraction of sp³-hybridized carbons (Fsp3) is 0.333. The van der Waals surface area contributed by atoms with Gasteiger partial charge in [-0.15, -0.1) is 0 Å². The molecule has 0 unspecified atom stereocenters. The van der Waals surface area contributed by atoms with Gasteiger partial charge in [0.1, 0.15) is 4.90 Å². The first-order chi connectivity index (χ1) is 7.93. The Labute approximate surface area is 116 Å². The first-order valence-corrected chi connectivity index (χ1v) is 7.85. The van der Waals surface area contributed by atoms with E-state index in [4.69, 9.17) is 10.6 Å². The van der Waals surface area contributed by atoms with Crippen LogP contribution in [-0.2, 0) is 14.9 Å². The molecule has 1 heterocycles. The van der Waals surface area contributed by atoms with Crippen LogP contribution in [0.4, 0.5) is 5.69 Å². The number of sulfonamides is 1. The third-order valence-electron chi connectivity index (χ3n) is 2.27. The Kier molecular flexibility index (Phi) is 3.79. The van der Waals surface area contributed by atoms with Crippen LogP contribution in [0.3, 0.4) is 0 Å². The molecule has 94 valence electrons. The van der Waals surface area contributed by atoms with Crippen LogP contribution < -0.4 is 5.73 Å². The second kappa shape index (κ2) is 4.85. The first kappa shape index (κ1) is 13.3. The number of benzene rings is 1. The number of hydroxylamine groups is 1. The standard InChI is InChI=1S/C9H10Br2N2O3S/c10-7-4-6(12)5-8(11)9(7)17(14,15)13-2-1-3-16-13/h4-5H,1-3,12H2. The molecule has 0 spiro atoms. The average Bonchev–Trinajstić information content (AvgIpc) is 2.67. The number of nitrogen functional groups attached to an aromatic ring is 1. The van der Waals surface area contributed by atoms with Gasteiger partial charge in [-0.2, -0.15) is 0 Å². The van der Waals surface area contributed by atoms with Crippen molar-refractivity contribution in [2.75, 3.05) is 18.9 Å². The van der Waals surface area contributed by atoms with E-state index in [-0.39, 0.29) is 4.90 Å². The van der Waals surface area contributed by atoms with Gasteiger partial charge >= 0.3 is 0 Å². The Morgan fingerprint density at radius 2 is 1.88 bits per heavy atom. The van der Waals surface area contributed by atoms with E-state index >= 15 is 0 Å². The molecule has 0 saturated carbocycles. The van der Waals surface area contributed by atoms with Crippen LogP contribution in [0.5, 0.6) is 0 Å². The van der Waals surface area contributed by atoms with E-state index in [1.165, 1.54) is 0 Å². The van der Waals surface area contributed by atoms with Crippen molar-refractivity contribution in [1.29, 1.82) is 0 Å². The molecule has 2 N–H and O–H groups in total. The van der Waals surface area contributed by atoms with Crippen LogP contribution >= 0.6 is 31.9 Å². The van der Waals surface area contributed by atoms with Gasteiger partial charge in [0.25, 0.3) is 10.0 Å². The largest absolute Gasteiger partial charge is 0.399 e. The number of nitrogens with zero attached hydrogens (tertiary/aromatic N) is 1. The zero-order chi connectivity index (χ0) is 12.6. The van der Waals surface area contributed by atoms with Crippen molar-refractivity contribution in [3.05, 3.63) is 21.1 Å². The Morgan fingerprint density at radius 1 is 1.29 bits per heavy atom. The van der Waals surface area contributed by atoms with Crippen molar-refractivity contribution in [3.8, 4) is 0 Å². The van der Waals surface area contributed by atoms with Gasteiger partial charge in [-0.05, 0) is 50.4 Å². The summed E-state index contributed by atoms with van der Waals surface area (Å²) in [4.78, 5) is 5.22. The Balaban J connectivity index is 2.53. The van der Waals surface area contributed by atoms with Crippen LogP contribution in [0.15, 0.2) is 26.0 Å². The number of rotatable bonds is 2. The van der Waals surface area contributed by atoms with Crippen LogP contribution in [-0.4, -0.2) is 26.0 Å². The molecule has 1 saturated heterocycles. The number of halogens is 2. The van der Waals surface area contributed by atoms with Crippen LogP contribution in [0, 0.1) is 0 Å². The molecule has 17 heavy (non-hydrogen) atoms. The SMILES string of the molecule is Nc1cc(Br)c(S(=O)(=O)N2CCCO2)c(Br)c1. The van der Waals surface area contributed by atoms with Gasteiger partial charge < -0.3 is 5.73 Å². The highest BCUT2D eigenvalue weighted by atomic mass is 79.9. The summed E-state index contributed by atoms with van der Waals surface area (Å²) in [5, 5.41) is 0. The minimum absolute atomic E-state index is 0.133. The molecule has 1 aromatic rings. The van der Waals surface area contributed by atoms with Gasteiger partial charge in [0, 0.05) is 21.2 Å². The highest BCUT2D eigenvalue weighted by Gasteiger charge is 2.32. The van der Waals surface area contributed by atoms with Crippen molar-refractivity contribution in [1.82, 2.24) is 4.47 Å². The normalized spacial score (nSPS) is 17.5. The smallest absolute Gasteiger partial charge is 0.267 e. The number of nitrogens with two attached hydrogens (primary N) is 1. The van der Waals surface area contributed by atoms with Crippen molar-refractivity contribution < 1.29 is 13.3 Å². The summed E-state index contributed by atoms with van der Waals surface area (Å²) < 4.78 is 26.4. The molecule has 1 aliphatic heterocycles. The molecular weight excluding hydrogens is 376 g/mol. The molecule has 0 amide bonds. The molecule has 1 aliphatic rings. The van der Waals surface area contributed by atoms with Gasteiger partial charge in [0.15, 0.2) is 0 Å². The lowest BCUT2D eigenvalue weighted by molar-refractivity contribution is -0.0285. The lowest BCUT2D eigenvalue weighted by Gasteiger charge is -2.16. The molecule has 0 radical (unpaired) electrons. The molecule has 1 fully saturated rings. The maximum atomic E-state index is 12.3. The van der Waals surface area contributed by atoms with Crippen molar-refractivity contribution in [2.24, 2.45) is 0 Å². The predicted octanol–water partition coefficient (Wildman–Crippen LogP) is 2.12. The zero-order valence-electron chi connectivity index (χ0n) is 8.69. The summed E-state index contributed by atoms with van der Waals surface area (Å²) >= 11 is 6.42. The lowest BCUT2D eigenvalue weighted by Crippen LogP contribution is -2.27. The van der Waals surface area contributed by atoms with Gasteiger partial charge in [-0.25, -0.2) is 8.42 Å². The zero-order valence-corrected chi connectivity index (χ0v) is 12.7. The second-order valence-electron chi connectivity index (χ2n) is 3.53. The lowest BCUT2D eigenvalue weighted by atomic mass is 10.3. The maximum Gasteiger partial charge on any atom is 0.267 e. The summed E-state index contributed by atoms with van der Waals surface area (Å²) in [6, 6.07) is 3.10. The van der Waals surface area contributed by atoms with Gasteiger partial charge in [-0.3, -0.25) is 4.84 Å². The number of hydrogen-bond acceptors (Lipinski definition) is 4. The molecule has 5 nitrogen and oxygen atoms in total. The summed E-state index contributed by atoms with van der Waals surface area (Å²) in [7, 11) is -3.65. The fourth-order valence-corrected chi connectivity index (χ4v) is 5.39. The Morgan fingerprint density at radius 3 is 2.35 bits per heavy atom. The topological polar surface area (TPSA) is 72.6 Å². The van der Waals surface area contributed by atoms with E-state index in [9.17, 15) is 8.42 Å². The third-order valence-corrected chi connectivity index (χ3v) is 5.82. The second-order valence-corrected chi connectivity index (χ2v) is 7.01. The molecule has 1 aromatic carbocycles. The minimum atomic E-state index is -3.65. The van der Waals surface area contributed by atoms with E-state index in [0.29, 0.717) is 34.2 Å².